The number of anilines is 1. The first-order chi connectivity index (χ1) is 11.5. The number of aryl methyl sites for hydroxylation is 2. The molecule has 126 valence electrons. The van der Waals surface area contributed by atoms with Gasteiger partial charge in [0.05, 0.1) is 5.75 Å². The van der Waals surface area contributed by atoms with Crippen LogP contribution in [-0.2, 0) is 14.3 Å². The molecule has 0 radical (unpaired) electrons. The molecule has 0 unspecified atom stereocenters. The molecule has 0 saturated carbocycles. The van der Waals surface area contributed by atoms with Gasteiger partial charge >= 0.3 is 5.97 Å². The van der Waals surface area contributed by atoms with Gasteiger partial charge in [-0.2, -0.15) is 0 Å². The number of thioether (sulfide) groups is 1. The SMILES string of the molecule is Cc1ccc(C)c(NC(=O)COC(=O)CSc2ccccc2F)c1. The minimum absolute atomic E-state index is 0.0579. The van der Waals surface area contributed by atoms with Crippen LogP contribution in [0.25, 0.3) is 0 Å². The maximum atomic E-state index is 13.4. The minimum atomic E-state index is -0.570. The molecule has 1 N–H and O–H groups in total. The second kappa shape index (κ2) is 8.49. The molecule has 2 aromatic carbocycles. The second-order valence-electron chi connectivity index (χ2n) is 5.25. The number of amides is 1. The summed E-state index contributed by atoms with van der Waals surface area (Å²) in [5, 5.41) is 2.71. The predicted octanol–water partition coefficient (Wildman–Crippen LogP) is 3.72. The number of carbonyl (C=O) groups excluding carboxylic acids is 2. The molecule has 0 heterocycles. The fourth-order valence-corrected chi connectivity index (χ4v) is 2.68. The summed E-state index contributed by atoms with van der Waals surface area (Å²) in [5.41, 5.74) is 2.64. The van der Waals surface area contributed by atoms with E-state index in [1.165, 1.54) is 6.07 Å². The van der Waals surface area contributed by atoms with Gasteiger partial charge in [0.1, 0.15) is 5.82 Å². The summed E-state index contributed by atoms with van der Waals surface area (Å²) in [4.78, 5) is 23.9. The van der Waals surface area contributed by atoms with Gasteiger partial charge < -0.3 is 10.1 Å². The van der Waals surface area contributed by atoms with Crippen molar-refractivity contribution in [2.45, 2.75) is 18.7 Å². The van der Waals surface area contributed by atoms with Gasteiger partial charge in [0.15, 0.2) is 6.61 Å². The molecule has 2 rings (SSSR count). The molecule has 0 fully saturated rings. The molecule has 1 amide bonds. The first kappa shape index (κ1) is 18.0. The van der Waals surface area contributed by atoms with E-state index in [1.807, 2.05) is 32.0 Å². The fraction of sp³-hybridized carbons (Fsp3) is 0.222. The van der Waals surface area contributed by atoms with Gasteiger partial charge in [0, 0.05) is 10.6 Å². The molecule has 0 bridgehead atoms. The number of rotatable bonds is 6. The summed E-state index contributed by atoms with van der Waals surface area (Å²) < 4.78 is 18.3. The zero-order valence-electron chi connectivity index (χ0n) is 13.5. The third-order valence-electron chi connectivity index (χ3n) is 3.21. The van der Waals surface area contributed by atoms with E-state index >= 15 is 0 Å². The monoisotopic (exact) mass is 347 g/mol. The third kappa shape index (κ3) is 5.38. The van der Waals surface area contributed by atoms with Crippen LogP contribution in [0.5, 0.6) is 0 Å². The van der Waals surface area contributed by atoms with Crippen molar-refractivity contribution >= 4 is 29.3 Å². The van der Waals surface area contributed by atoms with Crippen LogP contribution < -0.4 is 5.32 Å². The van der Waals surface area contributed by atoms with E-state index in [1.54, 1.807) is 18.2 Å². The maximum Gasteiger partial charge on any atom is 0.316 e. The van der Waals surface area contributed by atoms with Crippen LogP contribution in [0, 0.1) is 19.7 Å². The highest BCUT2D eigenvalue weighted by molar-refractivity contribution is 8.00. The summed E-state index contributed by atoms with van der Waals surface area (Å²) in [6, 6.07) is 11.9. The van der Waals surface area contributed by atoms with E-state index < -0.39 is 11.9 Å². The van der Waals surface area contributed by atoms with Crippen LogP contribution in [-0.4, -0.2) is 24.2 Å². The Morgan fingerprint density at radius 1 is 1.17 bits per heavy atom. The fourth-order valence-electron chi connectivity index (χ4n) is 1.94. The van der Waals surface area contributed by atoms with Crippen molar-refractivity contribution in [3.8, 4) is 0 Å². The third-order valence-corrected chi connectivity index (χ3v) is 4.24. The van der Waals surface area contributed by atoms with E-state index in [0.29, 0.717) is 10.6 Å². The summed E-state index contributed by atoms with van der Waals surface area (Å²) in [6.45, 7) is 3.44. The van der Waals surface area contributed by atoms with E-state index in [9.17, 15) is 14.0 Å². The summed E-state index contributed by atoms with van der Waals surface area (Å²) in [7, 11) is 0. The molecule has 0 atom stereocenters. The number of halogens is 1. The molecule has 0 aliphatic heterocycles. The molecule has 2 aromatic rings. The highest BCUT2D eigenvalue weighted by Crippen LogP contribution is 2.21. The van der Waals surface area contributed by atoms with Crippen molar-refractivity contribution in [3.63, 3.8) is 0 Å². The average molecular weight is 347 g/mol. The van der Waals surface area contributed by atoms with Crippen molar-refractivity contribution in [1.82, 2.24) is 0 Å². The zero-order valence-corrected chi connectivity index (χ0v) is 14.3. The van der Waals surface area contributed by atoms with Gasteiger partial charge in [0.2, 0.25) is 0 Å². The Bertz CT molecular complexity index is 749. The number of carbonyl (C=O) groups is 2. The summed E-state index contributed by atoms with van der Waals surface area (Å²) in [5.74, 6) is -1.42. The smallest absolute Gasteiger partial charge is 0.316 e. The number of benzene rings is 2. The topological polar surface area (TPSA) is 55.4 Å². The molecule has 0 aromatic heterocycles. The average Bonchev–Trinajstić information content (AvgIpc) is 2.55. The second-order valence-corrected chi connectivity index (χ2v) is 6.26. The number of ether oxygens (including phenoxy) is 1. The first-order valence-corrected chi connectivity index (χ1v) is 8.34. The van der Waals surface area contributed by atoms with E-state index in [-0.39, 0.29) is 18.2 Å². The molecule has 4 nitrogen and oxygen atoms in total. The van der Waals surface area contributed by atoms with Gasteiger partial charge in [0.25, 0.3) is 5.91 Å². The number of esters is 1. The zero-order chi connectivity index (χ0) is 17.5. The molecule has 0 aliphatic rings. The van der Waals surface area contributed by atoms with Gasteiger partial charge in [-0.05, 0) is 43.2 Å². The Morgan fingerprint density at radius 3 is 2.67 bits per heavy atom. The molecule has 0 aliphatic carbocycles. The number of hydrogen-bond donors (Lipinski definition) is 1. The van der Waals surface area contributed by atoms with Gasteiger partial charge in [-0.25, -0.2) is 4.39 Å². The molecular formula is C18H18FNO3S. The van der Waals surface area contributed by atoms with Crippen molar-refractivity contribution in [2.75, 3.05) is 17.7 Å². The molecule has 6 heteroatoms. The highest BCUT2D eigenvalue weighted by atomic mass is 32.2. The van der Waals surface area contributed by atoms with Crippen molar-refractivity contribution in [3.05, 3.63) is 59.4 Å². The minimum Gasteiger partial charge on any atom is -0.455 e. The van der Waals surface area contributed by atoms with Crippen molar-refractivity contribution < 1.29 is 18.7 Å². The summed E-state index contributed by atoms with van der Waals surface area (Å²) in [6.07, 6.45) is 0. The Kier molecular flexibility index (Phi) is 6.37. The normalized spacial score (nSPS) is 10.3. The Hall–Kier alpha value is -2.34. The van der Waals surface area contributed by atoms with Crippen LogP contribution in [0.1, 0.15) is 11.1 Å². The largest absolute Gasteiger partial charge is 0.455 e. The maximum absolute atomic E-state index is 13.4. The van der Waals surface area contributed by atoms with Gasteiger partial charge in [-0.15, -0.1) is 11.8 Å². The van der Waals surface area contributed by atoms with Gasteiger partial charge in [-0.1, -0.05) is 24.3 Å². The Balaban J connectivity index is 1.78. The molecular weight excluding hydrogens is 329 g/mol. The lowest BCUT2D eigenvalue weighted by atomic mass is 10.1. The Labute approximate surface area is 144 Å². The van der Waals surface area contributed by atoms with Crippen LogP contribution in [0.2, 0.25) is 0 Å². The number of nitrogens with one attached hydrogen (secondary N) is 1. The lowest BCUT2D eigenvalue weighted by Gasteiger charge is -2.10. The first-order valence-electron chi connectivity index (χ1n) is 7.36. The van der Waals surface area contributed by atoms with Crippen LogP contribution >= 0.6 is 11.8 Å². The van der Waals surface area contributed by atoms with Crippen LogP contribution in [0.15, 0.2) is 47.4 Å². The van der Waals surface area contributed by atoms with E-state index in [4.69, 9.17) is 4.74 Å². The lowest BCUT2D eigenvalue weighted by molar-refractivity contribution is -0.144. The highest BCUT2D eigenvalue weighted by Gasteiger charge is 2.11. The lowest BCUT2D eigenvalue weighted by Crippen LogP contribution is -2.22. The summed E-state index contributed by atoms with van der Waals surface area (Å²) >= 11 is 1.03. The van der Waals surface area contributed by atoms with Crippen molar-refractivity contribution in [1.29, 1.82) is 0 Å². The van der Waals surface area contributed by atoms with Gasteiger partial charge in [-0.3, -0.25) is 9.59 Å². The standard InChI is InChI=1S/C18H18FNO3S/c1-12-7-8-13(2)15(9-12)20-17(21)10-23-18(22)11-24-16-6-4-3-5-14(16)19/h3-9H,10-11H2,1-2H3,(H,20,21). The van der Waals surface area contributed by atoms with E-state index in [2.05, 4.69) is 5.32 Å². The number of hydrogen-bond acceptors (Lipinski definition) is 4. The predicted molar refractivity (Wildman–Crippen MR) is 92.6 cm³/mol. The quantitative estimate of drug-likeness (QED) is 0.639. The molecule has 0 spiro atoms. The van der Waals surface area contributed by atoms with Crippen molar-refractivity contribution in [2.24, 2.45) is 0 Å². The van der Waals surface area contributed by atoms with Crippen LogP contribution in [0.3, 0.4) is 0 Å². The van der Waals surface area contributed by atoms with Crippen LogP contribution in [0.4, 0.5) is 10.1 Å². The van der Waals surface area contributed by atoms with E-state index in [0.717, 1.165) is 22.9 Å². The molecule has 0 saturated heterocycles. The Morgan fingerprint density at radius 2 is 1.92 bits per heavy atom. The molecule has 24 heavy (non-hydrogen) atoms.